The summed E-state index contributed by atoms with van der Waals surface area (Å²) in [7, 11) is 4.47. The number of rotatable bonds is 8. The summed E-state index contributed by atoms with van der Waals surface area (Å²) in [6, 6.07) is 5.25. The molecule has 0 aliphatic heterocycles. The van der Waals surface area contributed by atoms with Gasteiger partial charge in [0.15, 0.2) is 11.5 Å². The molecular formula is C17H18N2O7S. The number of methoxy groups -OCH3 is 3. The third kappa shape index (κ3) is 4.05. The fourth-order valence-corrected chi connectivity index (χ4v) is 3.72. The number of hydrogen-bond acceptors (Lipinski definition) is 8. The van der Waals surface area contributed by atoms with E-state index in [0.29, 0.717) is 28.6 Å². The van der Waals surface area contributed by atoms with Gasteiger partial charge in [0.25, 0.3) is 11.4 Å². The summed E-state index contributed by atoms with van der Waals surface area (Å²) in [6.07, 6.45) is 0.576. The van der Waals surface area contributed by atoms with Crippen molar-refractivity contribution >= 4 is 23.1 Å². The molecule has 2 aromatic rings. The van der Waals surface area contributed by atoms with Crippen molar-refractivity contribution in [1.82, 2.24) is 0 Å². The van der Waals surface area contributed by atoms with Crippen molar-refractivity contribution in [2.24, 2.45) is 0 Å². The predicted octanol–water partition coefficient (Wildman–Crippen LogP) is 4.24. The highest BCUT2D eigenvalue weighted by molar-refractivity contribution is 7.99. The highest BCUT2D eigenvalue weighted by atomic mass is 32.2. The van der Waals surface area contributed by atoms with Gasteiger partial charge >= 0.3 is 0 Å². The fourth-order valence-electron chi connectivity index (χ4n) is 2.59. The van der Waals surface area contributed by atoms with E-state index in [1.54, 1.807) is 6.07 Å². The van der Waals surface area contributed by atoms with Gasteiger partial charge in [-0.05, 0) is 18.6 Å². The average molecular weight is 394 g/mol. The number of nitro benzene ring substituents is 2. The second kappa shape index (κ2) is 8.58. The summed E-state index contributed by atoms with van der Waals surface area (Å²) in [4.78, 5) is 21.9. The van der Waals surface area contributed by atoms with Crippen LogP contribution in [0, 0.1) is 20.2 Å². The predicted molar refractivity (Wildman–Crippen MR) is 99.3 cm³/mol. The Bertz CT molecular complexity index is 886. The SMILES string of the molecule is CCc1c(Sc2ccc([N+](=O)[O-])cc2[N+](=O)[O-])cc(OC)c(OC)c1OC. The molecule has 0 bridgehead atoms. The lowest BCUT2D eigenvalue weighted by atomic mass is 10.1. The number of non-ortho nitro benzene ring substituents is 1. The summed E-state index contributed by atoms with van der Waals surface area (Å²) in [6.45, 7) is 1.91. The van der Waals surface area contributed by atoms with Crippen molar-refractivity contribution in [1.29, 1.82) is 0 Å². The lowest BCUT2D eigenvalue weighted by Gasteiger charge is -2.18. The van der Waals surface area contributed by atoms with Crippen LogP contribution in [0.25, 0.3) is 0 Å². The quantitative estimate of drug-likeness (QED) is 0.482. The summed E-state index contributed by atoms with van der Waals surface area (Å²) in [5.41, 5.74) is 0.101. The van der Waals surface area contributed by atoms with Gasteiger partial charge in [-0.25, -0.2) is 0 Å². The molecule has 0 spiro atoms. The minimum Gasteiger partial charge on any atom is -0.493 e. The number of nitro groups is 2. The van der Waals surface area contributed by atoms with E-state index in [1.165, 1.54) is 33.5 Å². The molecule has 0 aliphatic carbocycles. The Labute approximate surface area is 159 Å². The zero-order valence-electron chi connectivity index (χ0n) is 15.2. The first-order valence-electron chi connectivity index (χ1n) is 7.80. The molecule has 2 rings (SSSR count). The van der Waals surface area contributed by atoms with E-state index in [4.69, 9.17) is 14.2 Å². The second-order valence-corrected chi connectivity index (χ2v) is 6.33. The Morgan fingerprint density at radius 3 is 2.07 bits per heavy atom. The van der Waals surface area contributed by atoms with E-state index < -0.39 is 9.85 Å². The minimum atomic E-state index is -0.668. The molecule has 0 unspecified atom stereocenters. The molecule has 0 N–H and O–H groups in total. The fraction of sp³-hybridized carbons (Fsp3) is 0.294. The van der Waals surface area contributed by atoms with Crippen molar-refractivity contribution in [2.75, 3.05) is 21.3 Å². The van der Waals surface area contributed by atoms with Gasteiger partial charge < -0.3 is 14.2 Å². The van der Waals surface area contributed by atoms with Crippen LogP contribution < -0.4 is 14.2 Å². The molecule has 9 nitrogen and oxygen atoms in total. The van der Waals surface area contributed by atoms with Crippen molar-refractivity contribution < 1.29 is 24.1 Å². The summed E-state index contributed by atoms with van der Waals surface area (Å²) in [5, 5.41) is 22.3. The third-order valence-corrected chi connectivity index (χ3v) is 4.96. The van der Waals surface area contributed by atoms with Crippen LogP contribution in [0.1, 0.15) is 12.5 Å². The van der Waals surface area contributed by atoms with E-state index >= 15 is 0 Å². The van der Waals surface area contributed by atoms with Crippen LogP contribution in [0.4, 0.5) is 11.4 Å². The largest absolute Gasteiger partial charge is 0.493 e. The first-order chi connectivity index (χ1) is 12.9. The molecule has 0 radical (unpaired) electrons. The van der Waals surface area contributed by atoms with Gasteiger partial charge in [-0.15, -0.1) is 0 Å². The minimum absolute atomic E-state index is 0.273. The van der Waals surface area contributed by atoms with Crippen LogP contribution in [0.5, 0.6) is 17.2 Å². The van der Waals surface area contributed by atoms with Crippen LogP contribution >= 0.6 is 11.8 Å². The number of hydrogen-bond donors (Lipinski definition) is 0. The molecule has 0 aliphatic rings. The summed E-state index contributed by atoms with van der Waals surface area (Å²) < 4.78 is 16.2. The molecule has 144 valence electrons. The summed E-state index contributed by atoms with van der Waals surface area (Å²) >= 11 is 1.11. The highest BCUT2D eigenvalue weighted by Crippen LogP contribution is 2.48. The Morgan fingerprint density at radius 1 is 0.926 bits per heavy atom. The Balaban J connectivity index is 2.63. The van der Waals surface area contributed by atoms with E-state index in [0.717, 1.165) is 23.4 Å². The molecule has 0 saturated carbocycles. The van der Waals surface area contributed by atoms with E-state index in [9.17, 15) is 20.2 Å². The Hall–Kier alpha value is -3.01. The van der Waals surface area contributed by atoms with E-state index in [-0.39, 0.29) is 16.3 Å². The second-order valence-electron chi connectivity index (χ2n) is 5.24. The monoisotopic (exact) mass is 394 g/mol. The van der Waals surface area contributed by atoms with Crippen molar-refractivity contribution in [3.63, 3.8) is 0 Å². The molecule has 0 amide bonds. The zero-order valence-corrected chi connectivity index (χ0v) is 16.0. The summed E-state index contributed by atoms with van der Waals surface area (Å²) in [5.74, 6) is 1.32. The molecule has 27 heavy (non-hydrogen) atoms. The normalized spacial score (nSPS) is 10.4. The standard InChI is InChI=1S/C17H18N2O7S/c1-5-11-15(9-13(24-2)17(26-4)16(11)25-3)27-14-7-6-10(18(20)21)8-12(14)19(22)23/h6-9H,5H2,1-4H3. The van der Waals surface area contributed by atoms with Crippen molar-refractivity contribution in [2.45, 2.75) is 23.1 Å². The topological polar surface area (TPSA) is 114 Å². The molecule has 0 aromatic heterocycles. The maximum atomic E-state index is 11.4. The molecular weight excluding hydrogens is 376 g/mol. The van der Waals surface area contributed by atoms with Gasteiger partial charge in [-0.3, -0.25) is 20.2 Å². The van der Waals surface area contributed by atoms with Crippen molar-refractivity contribution in [3.05, 3.63) is 50.1 Å². The van der Waals surface area contributed by atoms with E-state index in [1.807, 2.05) is 6.92 Å². The van der Waals surface area contributed by atoms with Gasteiger partial charge in [0, 0.05) is 16.5 Å². The van der Waals surface area contributed by atoms with Crippen LogP contribution in [0.2, 0.25) is 0 Å². The van der Waals surface area contributed by atoms with Crippen LogP contribution in [0.3, 0.4) is 0 Å². The van der Waals surface area contributed by atoms with Crippen LogP contribution in [-0.2, 0) is 6.42 Å². The van der Waals surface area contributed by atoms with Gasteiger partial charge in [0.2, 0.25) is 5.75 Å². The molecule has 0 heterocycles. The van der Waals surface area contributed by atoms with Gasteiger partial charge in [-0.1, -0.05) is 18.7 Å². The first kappa shape index (κ1) is 20.3. The van der Waals surface area contributed by atoms with E-state index in [2.05, 4.69) is 0 Å². The van der Waals surface area contributed by atoms with Crippen molar-refractivity contribution in [3.8, 4) is 17.2 Å². The zero-order chi connectivity index (χ0) is 20.1. The molecule has 2 aromatic carbocycles. The maximum Gasteiger partial charge on any atom is 0.290 e. The van der Waals surface area contributed by atoms with Gasteiger partial charge in [-0.2, -0.15) is 0 Å². The Morgan fingerprint density at radius 2 is 1.59 bits per heavy atom. The van der Waals surface area contributed by atoms with Crippen LogP contribution in [-0.4, -0.2) is 31.2 Å². The van der Waals surface area contributed by atoms with Gasteiger partial charge in [0.05, 0.1) is 42.1 Å². The average Bonchev–Trinajstić information content (AvgIpc) is 2.66. The lowest BCUT2D eigenvalue weighted by Crippen LogP contribution is -2.01. The smallest absolute Gasteiger partial charge is 0.290 e. The molecule has 0 atom stereocenters. The lowest BCUT2D eigenvalue weighted by molar-refractivity contribution is -0.396. The van der Waals surface area contributed by atoms with Gasteiger partial charge in [0.1, 0.15) is 0 Å². The highest BCUT2D eigenvalue weighted by Gasteiger charge is 2.24. The number of nitrogens with zero attached hydrogens (tertiary/aromatic N) is 2. The molecule has 0 fully saturated rings. The van der Waals surface area contributed by atoms with Crippen LogP contribution in [0.15, 0.2) is 34.1 Å². The first-order valence-corrected chi connectivity index (χ1v) is 8.62. The maximum absolute atomic E-state index is 11.4. The Kier molecular flexibility index (Phi) is 6.45. The number of ether oxygens (including phenoxy) is 3. The molecule has 0 saturated heterocycles. The molecule has 10 heteroatoms. The number of benzene rings is 2. The third-order valence-electron chi connectivity index (χ3n) is 3.82.